The van der Waals surface area contributed by atoms with E-state index in [2.05, 4.69) is 22.3 Å². The Hall–Kier alpha value is -2.86. The predicted octanol–water partition coefficient (Wildman–Crippen LogP) is 3.32. The van der Waals surface area contributed by atoms with Gasteiger partial charge in [0, 0.05) is 25.2 Å². The highest BCUT2D eigenvalue weighted by atomic mass is 16.5. The molecule has 0 radical (unpaired) electrons. The summed E-state index contributed by atoms with van der Waals surface area (Å²) < 4.78 is 5.40. The number of benzene rings is 2. The highest BCUT2D eigenvalue weighted by Crippen LogP contribution is 2.27. The summed E-state index contributed by atoms with van der Waals surface area (Å²) in [4.78, 5) is 28.8. The largest absolute Gasteiger partial charge is 0.497 e. The van der Waals surface area contributed by atoms with Gasteiger partial charge in [-0.1, -0.05) is 24.3 Å². The fourth-order valence-corrected chi connectivity index (χ4v) is 4.53. The topological polar surface area (TPSA) is 61.9 Å². The lowest BCUT2D eigenvalue weighted by Gasteiger charge is -2.28. The van der Waals surface area contributed by atoms with Gasteiger partial charge in [-0.15, -0.1) is 0 Å². The van der Waals surface area contributed by atoms with Gasteiger partial charge >= 0.3 is 0 Å². The van der Waals surface area contributed by atoms with Gasteiger partial charge in [-0.05, 0) is 67.7 Å². The Morgan fingerprint density at radius 1 is 1.06 bits per heavy atom. The number of ether oxygens (including phenoxy) is 1. The van der Waals surface area contributed by atoms with Crippen LogP contribution in [0.1, 0.15) is 42.9 Å². The van der Waals surface area contributed by atoms with Crippen molar-refractivity contribution in [3.8, 4) is 5.75 Å². The first-order valence-corrected chi connectivity index (χ1v) is 11.2. The van der Waals surface area contributed by atoms with Crippen molar-refractivity contribution >= 4 is 17.5 Å². The lowest BCUT2D eigenvalue weighted by molar-refractivity contribution is -0.120. The van der Waals surface area contributed by atoms with Gasteiger partial charge in [0.05, 0.1) is 19.6 Å². The average molecular weight is 422 g/mol. The van der Waals surface area contributed by atoms with E-state index in [9.17, 15) is 9.59 Å². The molecule has 2 aromatic carbocycles. The minimum atomic E-state index is 0.0112. The van der Waals surface area contributed by atoms with Crippen LogP contribution >= 0.6 is 0 Å². The van der Waals surface area contributed by atoms with E-state index >= 15 is 0 Å². The number of hydrogen-bond acceptors (Lipinski definition) is 4. The number of carbonyl (C=O) groups is 2. The Bertz CT molecular complexity index is 906. The van der Waals surface area contributed by atoms with Gasteiger partial charge in [-0.25, -0.2) is 0 Å². The zero-order chi connectivity index (χ0) is 21.6. The van der Waals surface area contributed by atoms with E-state index in [1.165, 1.54) is 18.4 Å². The van der Waals surface area contributed by atoms with Crippen molar-refractivity contribution in [2.45, 2.75) is 38.1 Å². The smallest absolute Gasteiger partial charge is 0.227 e. The molecule has 2 amide bonds. The SMILES string of the molecule is COc1cccc(C(CNC(=O)Cc2ccc(N3CCCC3=O)cc2)N2CCCC2)c1. The number of likely N-dealkylation sites (tertiary alicyclic amines) is 1. The van der Waals surface area contributed by atoms with E-state index in [0.29, 0.717) is 19.4 Å². The number of nitrogens with one attached hydrogen (secondary N) is 1. The zero-order valence-corrected chi connectivity index (χ0v) is 18.2. The summed E-state index contributed by atoms with van der Waals surface area (Å²) in [5, 5.41) is 3.13. The van der Waals surface area contributed by atoms with Gasteiger partial charge in [0.1, 0.15) is 5.75 Å². The molecule has 2 heterocycles. The molecule has 2 aliphatic heterocycles. The number of carbonyl (C=O) groups excluding carboxylic acids is 2. The molecule has 31 heavy (non-hydrogen) atoms. The van der Waals surface area contributed by atoms with Gasteiger partial charge in [-0.3, -0.25) is 14.5 Å². The van der Waals surface area contributed by atoms with Crippen LogP contribution in [-0.4, -0.2) is 50.0 Å². The van der Waals surface area contributed by atoms with Crippen molar-refractivity contribution in [2.75, 3.05) is 38.2 Å². The number of amides is 2. The molecular formula is C25H31N3O3. The summed E-state index contributed by atoms with van der Waals surface area (Å²) in [6.45, 7) is 3.45. The summed E-state index contributed by atoms with van der Waals surface area (Å²) in [6.07, 6.45) is 4.25. The molecule has 6 heteroatoms. The van der Waals surface area contributed by atoms with Gasteiger partial charge in [0.15, 0.2) is 0 Å². The van der Waals surface area contributed by atoms with E-state index in [0.717, 1.165) is 43.1 Å². The second kappa shape index (κ2) is 9.96. The maximum absolute atomic E-state index is 12.7. The molecule has 6 nitrogen and oxygen atoms in total. The first-order valence-electron chi connectivity index (χ1n) is 11.2. The number of anilines is 1. The van der Waals surface area contributed by atoms with Crippen LogP contribution in [0.2, 0.25) is 0 Å². The Balaban J connectivity index is 1.36. The molecule has 0 spiro atoms. The van der Waals surface area contributed by atoms with Crippen molar-refractivity contribution < 1.29 is 14.3 Å². The normalized spacial score (nSPS) is 17.7. The third-order valence-corrected chi connectivity index (χ3v) is 6.24. The Morgan fingerprint density at radius 2 is 1.84 bits per heavy atom. The van der Waals surface area contributed by atoms with Gasteiger partial charge in [0.25, 0.3) is 0 Å². The van der Waals surface area contributed by atoms with Crippen LogP contribution < -0.4 is 15.0 Å². The standard InChI is InChI=1S/C25H31N3O3/c1-31-22-7-4-6-20(17-22)23(27-13-2-3-14-27)18-26-24(29)16-19-9-11-21(12-10-19)28-15-5-8-25(28)30/h4,6-7,9-12,17,23H,2-3,5,8,13-16,18H2,1H3,(H,26,29). The molecule has 164 valence electrons. The van der Waals surface area contributed by atoms with E-state index in [4.69, 9.17) is 4.74 Å². The minimum Gasteiger partial charge on any atom is -0.497 e. The van der Waals surface area contributed by atoms with E-state index in [1.54, 1.807) is 7.11 Å². The molecule has 0 aromatic heterocycles. The molecule has 2 fully saturated rings. The molecule has 4 rings (SSSR count). The van der Waals surface area contributed by atoms with Crippen LogP contribution in [0.4, 0.5) is 5.69 Å². The summed E-state index contributed by atoms with van der Waals surface area (Å²) in [5.74, 6) is 1.03. The molecule has 1 N–H and O–H groups in total. The second-order valence-corrected chi connectivity index (χ2v) is 8.33. The third-order valence-electron chi connectivity index (χ3n) is 6.24. The van der Waals surface area contributed by atoms with Crippen molar-refractivity contribution in [2.24, 2.45) is 0 Å². The summed E-state index contributed by atoms with van der Waals surface area (Å²) in [5.41, 5.74) is 3.03. The zero-order valence-electron chi connectivity index (χ0n) is 18.2. The van der Waals surface area contributed by atoms with Gasteiger partial charge < -0.3 is 15.0 Å². The maximum atomic E-state index is 12.7. The number of methoxy groups -OCH3 is 1. The minimum absolute atomic E-state index is 0.0112. The summed E-state index contributed by atoms with van der Waals surface area (Å²) in [7, 11) is 1.68. The van der Waals surface area contributed by atoms with Crippen LogP contribution in [0.25, 0.3) is 0 Å². The first-order chi connectivity index (χ1) is 15.1. The maximum Gasteiger partial charge on any atom is 0.227 e. The quantitative estimate of drug-likeness (QED) is 0.710. The highest BCUT2D eigenvalue weighted by Gasteiger charge is 2.25. The molecule has 0 saturated carbocycles. The van der Waals surface area contributed by atoms with Crippen molar-refractivity contribution in [1.29, 1.82) is 0 Å². The van der Waals surface area contributed by atoms with Crippen LogP contribution in [0, 0.1) is 0 Å². The number of hydrogen-bond donors (Lipinski definition) is 1. The number of rotatable bonds is 8. The Morgan fingerprint density at radius 3 is 2.52 bits per heavy atom. The van der Waals surface area contributed by atoms with Crippen LogP contribution in [0.3, 0.4) is 0 Å². The molecule has 0 aliphatic carbocycles. The fourth-order valence-electron chi connectivity index (χ4n) is 4.53. The van der Waals surface area contributed by atoms with Gasteiger partial charge in [0.2, 0.25) is 11.8 Å². The van der Waals surface area contributed by atoms with E-state index in [-0.39, 0.29) is 17.9 Å². The molecule has 0 bridgehead atoms. The monoisotopic (exact) mass is 421 g/mol. The van der Waals surface area contributed by atoms with Crippen LogP contribution in [0.15, 0.2) is 48.5 Å². The van der Waals surface area contributed by atoms with Crippen molar-refractivity contribution in [3.05, 3.63) is 59.7 Å². The summed E-state index contributed by atoms with van der Waals surface area (Å²) in [6, 6.07) is 16.0. The molecule has 1 unspecified atom stereocenters. The van der Waals surface area contributed by atoms with Gasteiger partial charge in [-0.2, -0.15) is 0 Å². The third kappa shape index (κ3) is 5.25. The predicted molar refractivity (Wildman–Crippen MR) is 121 cm³/mol. The molecule has 2 aromatic rings. The highest BCUT2D eigenvalue weighted by molar-refractivity contribution is 5.95. The lowest BCUT2D eigenvalue weighted by atomic mass is 10.0. The van der Waals surface area contributed by atoms with Crippen LogP contribution in [0.5, 0.6) is 5.75 Å². The molecule has 1 atom stereocenters. The Labute approximate surface area is 184 Å². The van der Waals surface area contributed by atoms with Crippen molar-refractivity contribution in [1.82, 2.24) is 10.2 Å². The van der Waals surface area contributed by atoms with E-state index < -0.39 is 0 Å². The summed E-state index contributed by atoms with van der Waals surface area (Å²) >= 11 is 0. The molecule has 2 aliphatic rings. The number of nitrogens with zero attached hydrogens (tertiary/aromatic N) is 2. The molecular weight excluding hydrogens is 390 g/mol. The first kappa shape index (κ1) is 21.4. The second-order valence-electron chi connectivity index (χ2n) is 8.33. The lowest BCUT2D eigenvalue weighted by Crippen LogP contribution is -2.37. The van der Waals surface area contributed by atoms with Crippen molar-refractivity contribution in [3.63, 3.8) is 0 Å². The average Bonchev–Trinajstić information content (AvgIpc) is 3.47. The van der Waals surface area contributed by atoms with E-state index in [1.807, 2.05) is 41.3 Å². The molecule has 2 saturated heterocycles. The van der Waals surface area contributed by atoms with Crippen LogP contribution in [-0.2, 0) is 16.0 Å². The Kier molecular flexibility index (Phi) is 6.87. The fraction of sp³-hybridized carbons (Fsp3) is 0.440.